The van der Waals surface area contributed by atoms with Crippen LogP contribution in [0, 0.1) is 5.82 Å². The zero-order chi connectivity index (χ0) is 15.0. The van der Waals surface area contributed by atoms with Crippen LogP contribution >= 0.6 is 0 Å². The highest BCUT2D eigenvalue weighted by atomic mass is 19.1. The first-order valence-corrected chi connectivity index (χ1v) is 7.17. The molecular weight excluding hydrogens is 273 g/mol. The number of nitrogens with two attached hydrogens (primary N) is 1. The van der Waals surface area contributed by atoms with Crippen LogP contribution in [0.3, 0.4) is 0 Å². The molecule has 21 heavy (non-hydrogen) atoms. The molecule has 1 spiro atoms. The second-order valence-corrected chi connectivity index (χ2v) is 5.74. The van der Waals surface area contributed by atoms with Crippen molar-refractivity contribution in [2.24, 2.45) is 5.73 Å². The Bertz CT molecular complexity index is 597. The number of amides is 3. The summed E-state index contributed by atoms with van der Waals surface area (Å²) in [7, 11) is 0. The minimum Gasteiger partial charge on any atom is -0.326 e. The lowest BCUT2D eigenvalue weighted by Gasteiger charge is -2.20. The quantitative estimate of drug-likeness (QED) is 0.831. The van der Waals surface area contributed by atoms with Crippen molar-refractivity contribution in [3.8, 4) is 0 Å². The lowest BCUT2D eigenvalue weighted by Crippen LogP contribution is -2.44. The van der Waals surface area contributed by atoms with E-state index in [1.165, 1.54) is 6.07 Å². The molecule has 3 amide bonds. The van der Waals surface area contributed by atoms with Crippen molar-refractivity contribution in [3.63, 3.8) is 0 Å². The number of rotatable bonds is 3. The van der Waals surface area contributed by atoms with Crippen LogP contribution < -0.4 is 11.1 Å². The molecule has 0 unspecified atom stereocenters. The molecule has 112 valence electrons. The summed E-state index contributed by atoms with van der Waals surface area (Å²) < 4.78 is 13.9. The largest absolute Gasteiger partial charge is 0.326 e. The van der Waals surface area contributed by atoms with Gasteiger partial charge in [-0.3, -0.25) is 9.69 Å². The Balaban J connectivity index is 1.85. The molecule has 1 aromatic carbocycles. The number of benzene rings is 1. The SMILES string of the molecule is NCc1ccc(F)c(CN2C(=O)NC3(CCCC3)C2=O)c1. The number of urea groups is 1. The van der Waals surface area contributed by atoms with Crippen molar-refractivity contribution in [2.75, 3.05) is 0 Å². The minimum absolute atomic E-state index is 0.0495. The lowest BCUT2D eigenvalue weighted by atomic mass is 9.98. The van der Waals surface area contributed by atoms with Gasteiger partial charge in [-0.25, -0.2) is 9.18 Å². The number of carbonyl (C=O) groups excluding carboxylic acids is 2. The summed E-state index contributed by atoms with van der Waals surface area (Å²) in [4.78, 5) is 25.7. The van der Waals surface area contributed by atoms with Gasteiger partial charge in [-0.05, 0) is 30.5 Å². The van der Waals surface area contributed by atoms with Crippen molar-refractivity contribution in [2.45, 2.75) is 44.3 Å². The lowest BCUT2D eigenvalue weighted by molar-refractivity contribution is -0.131. The summed E-state index contributed by atoms with van der Waals surface area (Å²) in [6.07, 6.45) is 3.19. The molecule has 3 rings (SSSR count). The maximum absolute atomic E-state index is 13.9. The normalized spacial score (nSPS) is 20.4. The minimum atomic E-state index is -0.751. The van der Waals surface area contributed by atoms with Crippen molar-refractivity contribution in [1.82, 2.24) is 10.2 Å². The number of imide groups is 1. The first kappa shape index (κ1) is 14.0. The van der Waals surface area contributed by atoms with Crippen LogP contribution in [0.2, 0.25) is 0 Å². The summed E-state index contributed by atoms with van der Waals surface area (Å²) >= 11 is 0. The van der Waals surface area contributed by atoms with E-state index in [9.17, 15) is 14.0 Å². The number of hydrogen-bond donors (Lipinski definition) is 2. The third-order valence-corrected chi connectivity index (χ3v) is 4.38. The van der Waals surface area contributed by atoms with Gasteiger partial charge in [0.1, 0.15) is 11.4 Å². The molecule has 2 aliphatic rings. The van der Waals surface area contributed by atoms with Gasteiger partial charge >= 0.3 is 6.03 Å². The zero-order valence-electron chi connectivity index (χ0n) is 11.7. The molecule has 1 saturated heterocycles. The van der Waals surface area contributed by atoms with Gasteiger partial charge in [-0.1, -0.05) is 18.9 Å². The van der Waals surface area contributed by atoms with E-state index in [1.807, 2.05) is 0 Å². The topological polar surface area (TPSA) is 75.4 Å². The summed E-state index contributed by atoms with van der Waals surface area (Å²) in [5.41, 5.74) is 5.88. The fourth-order valence-electron chi connectivity index (χ4n) is 3.18. The second kappa shape index (κ2) is 5.11. The van der Waals surface area contributed by atoms with Gasteiger partial charge in [-0.15, -0.1) is 0 Å². The van der Waals surface area contributed by atoms with Crippen molar-refractivity contribution < 1.29 is 14.0 Å². The van der Waals surface area contributed by atoms with Gasteiger partial charge in [0, 0.05) is 12.1 Å². The molecule has 2 fully saturated rings. The van der Waals surface area contributed by atoms with Gasteiger partial charge in [0.05, 0.1) is 6.54 Å². The Morgan fingerprint density at radius 2 is 2.00 bits per heavy atom. The standard InChI is InChI=1S/C15H18FN3O2/c16-12-4-3-10(8-17)7-11(12)9-19-13(20)15(18-14(19)21)5-1-2-6-15/h3-4,7H,1-2,5-6,8-9,17H2,(H,18,21). The Kier molecular flexibility index (Phi) is 3.41. The van der Waals surface area contributed by atoms with Crippen LogP contribution in [0.4, 0.5) is 9.18 Å². The van der Waals surface area contributed by atoms with Gasteiger partial charge in [0.2, 0.25) is 0 Å². The summed E-state index contributed by atoms with van der Waals surface area (Å²) in [5.74, 6) is -0.664. The molecule has 1 aromatic rings. The monoisotopic (exact) mass is 291 g/mol. The molecule has 5 nitrogen and oxygen atoms in total. The van der Waals surface area contributed by atoms with Crippen LogP contribution in [0.1, 0.15) is 36.8 Å². The average molecular weight is 291 g/mol. The number of nitrogens with zero attached hydrogens (tertiary/aromatic N) is 1. The van der Waals surface area contributed by atoms with Gasteiger partial charge in [-0.2, -0.15) is 0 Å². The van der Waals surface area contributed by atoms with E-state index in [-0.39, 0.29) is 19.0 Å². The Morgan fingerprint density at radius 1 is 1.29 bits per heavy atom. The van der Waals surface area contributed by atoms with Crippen LogP contribution in [0.5, 0.6) is 0 Å². The predicted octanol–water partition coefficient (Wildman–Crippen LogP) is 1.65. The van der Waals surface area contributed by atoms with E-state index in [1.54, 1.807) is 12.1 Å². The van der Waals surface area contributed by atoms with Crippen molar-refractivity contribution >= 4 is 11.9 Å². The molecule has 1 heterocycles. The van der Waals surface area contributed by atoms with Crippen LogP contribution in [-0.4, -0.2) is 22.4 Å². The molecule has 3 N–H and O–H groups in total. The highest BCUT2D eigenvalue weighted by Crippen LogP contribution is 2.35. The summed E-state index contributed by atoms with van der Waals surface area (Å²) in [6.45, 7) is 0.240. The molecule has 1 saturated carbocycles. The second-order valence-electron chi connectivity index (χ2n) is 5.74. The van der Waals surface area contributed by atoms with Crippen LogP contribution in [-0.2, 0) is 17.9 Å². The van der Waals surface area contributed by atoms with Crippen molar-refractivity contribution in [3.05, 3.63) is 35.1 Å². The summed E-state index contributed by atoms with van der Waals surface area (Å²) in [6, 6.07) is 4.10. The third-order valence-electron chi connectivity index (χ3n) is 4.38. The van der Waals surface area contributed by atoms with Gasteiger partial charge in [0.15, 0.2) is 0 Å². The molecule has 6 heteroatoms. The fraction of sp³-hybridized carbons (Fsp3) is 0.467. The van der Waals surface area contributed by atoms with E-state index in [0.29, 0.717) is 18.4 Å². The van der Waals surface area contributed by atoms with E-state index >= 15 is 0 Å². The number of carbonyl (C=O) groups is 2. The third kappa shape index (κ3) is 2.29. The zero-order valence-corrected chi connectivity index (χ0v) is 11.7. The van der Waals surface area contributed by atoms with Gasteiger partial charge in [0.25, 0.3) is 5.91 Å². The molecule has 1 aliphatic carbocycles. The molecule has 0 aromatic heterocycles. The maximum Gasteiger partial charge on any atom is 0.325 e. The number of nitrogens with one attached hydrogen (secondary N) is 1. The fourth-order valence-corrected chi connectivity index (χ4v) is 3.18. The van der Waals surface area contributed by atoms with E-state index in [2.05, 4.69) is 5.32 Å². The highest BCUT2D eigenvalue weighted by Gasteiger charge is 2.52. The van der Waals surface area contributed by atoms with E-state index in [0.717, 1.165) is 23.3 Å². The average Bonchev–Trinajstić information content (AvgIpc) is 3.02. The Labute approximate surface area is 122 Å². The van der Waals surface area contributed by atoms with Crippen molar-refractivity contribution in [1.29, 1.82) is 0 Å². The predicted molar refractivity (Wildman–Crippen MR) is 74.6 cm³/mol. The summed E-state index contributed by atoms with van der Waals surface area (Å²) in [5, 5.41) is 2.79. The Morgan fingerprint density at radius 3 is 2.67 bits per heavy atom. The molecule has 0 radical (unpaired) electrons. The van der Waals surface area contributed by atoms with E-state index in [4.69, 9.17) is 5.73 Å². The Hall–Kier alpha value is -1.95. The van der Waals surface area contributed by atoms with E-state index < -0.39 is 17.4 Å². The first-order chi connectivity index (χ1) is 10.1. The number of hydrogen-bond acceptors (Lipinski definition) is 3. The number of halogens is 1. The highest BCUT2D eigenvalue weighted by molar-refractivity contribution is 6.07. The molecule has 0 bridgehead atoms. The van der Waals surface area contributed by atoms with Crippen LogP contribution in [0.15, 0.2) is 18.2 Å². The molecule has 0 atom stereocenters. The maximum atomic E-state index is 13.9. The first-order valence-electron chi connectivity index (χ1n) is 7.17. The molecule has 1 aliphatic heterocycles. The van der Waals surface area contributed by atoms with Crippen LogP contribution in [0.25, 0.3) is 0 Å². The smallest absolute Gasteiger partial charge is 0.325 e. The molecular formula is C15H18FN3O2. The van der Waals surface area contributed by atoms with Gasteiger partial charge < -0.3 is 11.1 Å².